The zero-order valence-corrected chi connectivity index (χ0v) is 22.1. The fraction of sp³-hybridized carbons (Fsp3) is 0.424. The van der Waals surface area contributed by atoms with Crippen molar-refractivity contribution in [2.75, 3.05) is 6.61 Å². The summed E-state index contributed by atoms with van der Waals surface area (Å²) in [6.07, 6.45) is 6.97. The maximum atomic E-state index is 6.56. The standard InChI is InChI=1S/C33H41NO/c1-24(2)23-35-32-30(26-14-10-7-11-15-26)21-20-29(25-12-8-6-9-13-25)31(32)22-34-28-18-16-27(17-19-28)33(3,4)5/h6-15,20-22,24,27-28H,16-19,23H2,1-5H3. The molecule has 0 saturated heterocycles. The molecular weight excluding hydrogens is 426 g/mol. The zero-order chi connectivity index (χ0) is 24.8. The minimum atomic E-state index is 0.385. The van der Waals surface area contributed by atoms with E-state index in [0.717, 1.165) is 22.8 Å². The number of ether oxygens (including phenoxy) is 1. The van der Waals surface area contributed by atoms with E-state index >= 15 is 0 Å². The topological polar surface area (TPSA) is 21.6 Å². The van der Waals surface area contributed by atoms with Crippen LogP contribution < -0.4 is 4.74 Å². The Balaban J connectivity index is 1.75. The van der Waals surface area contributed by atoms with Crippen molar-refractivity contribution in [3.63, 3.8) is 0 Å². The lowest BCUT2D eigenvalue weighted by Gasteiger charge is -2.35. The predicted octanol–water partition coefficient (Wildman–Crippen LogP) is 9.08. The summed E-state index contributed by atoms with van der Waals surface area (Å²) in [4.78, 5) is 5.17. The number of aliphatic imine (C=N–C) groups is 1. The van der Waals surface area contributed by atoms with E-state index in [1.54, 1.807) is 0 Å². The Morgan fingerprint density at radius 2 is 1.34 bits per heavy atom. The number of hydrogen-bond donors (Lipinski definition) is 0. The lowest BCUT2D eigenvalue weighted by Crippen LogP contribution is -2.27. The van der Waals surface area contributed by atoms with Gasteiger partial charge in [0.1, 0.15) is 5.75 Å². The predicted molar refractivity (Wildman–Crippen MR) is 150 cm³/mol. The highest BCUT2D eigenvalue weighted by Gasteiger charge is 2.29. The van der Waals surface area contributed by atoms with Crippen LogP contribution >= 0.6 is 0 Å². The molecule has 1 aliphatic rings. The maximum Gasteiger partial charge on any atom is 0.136 e. The van der Waals surface area contributed by atoms with E-state index in [9.17, 15) is 0 Å². The second-order valence-electron chi connectivity index (χ2n) is 11.5. The van der Waals surface area contributed by atoms with E-state index in [1.165, 1.54) is 42.4 Å². The molecule has 0 atom stereocenters. The molecule has 0 heterocycles. The first-order valence-electron chi connectivity index (χ1n) is 13.3. The SMILES string of the molecule is CC(C)COc1c(-c2ccccc2)ccc(-c2ccccc2)c1C=NC1CCC(C(C)(C)C)CC1. The number of rotatable bonds is 7. The van der Waals surface area contributed by atoms with Crippen LogP contribution in [0.4, 0.5) is 0 Å². The van der Waals surface area contributed by atoms with Gasteiger partial charge in [-0.1, -0.05) is 101 Å². The van der Waals surface area contributed by atoms with Crippen LogP contribution in [0.5, 0.6) is 5.75 Å². The molecule has 2 heteroatoms. The highest BCUT2D eigenvalue weighted by Crippen LogP contribution is 2.40. The summed E-state index contributed by atoms with van der Waals surface area (Å²) in [5.74, 6) is 2.18. The molecule has 4 rings (SSSR count). The van der Waals surface area contributed by atoms with Crippen LogP contribution in [0.3, 0.4) is 0 Å². The molecule has 0 N–H and O–H groups in total. The average Bonchev–Trinajstić information content (AvgIpc) is 2.86. The molecule has 0 bridgehead atoms. The minimum absolute atomic E-state index is 0.385. The van der Waals surface area contributed by atoms with Crippen LogP contribution in [0.1, 0.15) is 65.9 Å². The molecule has 2 nitrogen and oxygen atoms in total. The van der Waals surface area contributed by atoms with E-state index in [1.807, 2.05) is 0 Å². The van der Waals surface area contributed by atoms with Gasteiger partial charge in [0.2, 0.25) is 0 Å². The fourth-order valence-electron chi connectivity index (χ4n) is 5.12. The number of hydrogen-bond acceptors (Lipinski definition) is 2. The van der Waals surface area contributed by atoms with E-state index < -0.39 is 0 Å². The van der Waals surface area contributed by atoms with Gasteiger partial charge < -0.3 is 4.74 Å². The molecule has 184 valence electrons. The maximum absolute atomic E-state index is 6.56. The van der Waals surface area contributed by atoms with Crippen molar-refractivity contribution in [1.82, 2.24) is 0 Å². The normalized spacial score (nSPS) is 18.8. The first-order valence-corrected chi connectivity index (χ1v) is 13.3. The Morgan fingerprint density at radius 1 is 0.800 bits per heavy atom. The third kappa shape index (κ3) is 6.42. The van der Waals surface area contributed by atoms with Crippen LogP contribution in [0.2, 0.25) is 0 Å². The van der Waals surface area contributed by atoms with Gasteiger partial charge in [0.25, 0.3) is 0 Å². The largest absolute Gasteiger partial charge is 0.492 e. The summed E-state index contributed by atoms with van der Waals surface area (Å²) in [6, 6.07) is 26.0. The molecule has 1 saturated carbocycles. The fourth-order valence-corrected chi connectivity index (χ4v) is 5.12. The summed E-state index contributed by atoms with van der Waals surface area (Å²) in [6.45, 7) is 12.2. The van der Waals surface area contributed by atoms with E-state index in [2.05, 4.69) is 114 Å². The monoisotopic (exact) mass is 467 g/mol. The van der Waals surface area contributed by atoms with Gasteiger partial charge in [0.05, 0.1) is 6.61 Å². The number of nitrogens with zero attached hydrogens (tertiary/aromatic N) is 1. The Morgan fingerprint density at radius 3 is 1.89 bits per heavy atom. The van der Waals surface area contributed by atoms with Crippen LogP contribution in [0, 0.1) is 17.3 Å². The summed E-state index contributed by atoms with van der Waals surface area (Å²) in [5, 5.41) is 0. The number of benzene rings is 3. The van der Waals surface area contributed by atoms with Gasteiger partial charge in [0.15, 0.2) is 0 Å². The van der Waals surface area contributed by atoms with E-state index in [-0.39, 0.29) is 0 Å². The van der Waals surface area contributed by atoms with Crippen molar-refractivity contribution >= 4 is 6.21 Å². The Bertz CT molecular complexity index is 1100. The third-order valence-corrected chi connectivity index (χ3v) is 7.26. The summed E-state index contributed by atoms with van der Waals surface area (Å²) in [5.41, 5.74) is 6.15. The third-order valence-electron chi connectivity index (χ3n) is 7.26. The highest BCUT2D eigenvalue weighted by molar-refractivity contribution is 5.97. The van der Waals surface area contributed by atoms with E-state index in [0.29, 0.717) is 24.0 Å². The first kappa shape index (κ1) is 25.2. The smallest absolute Gasteiger partial charge is 0.136 e. The Hall–Kier alpha value is -2.87. The molecule has 3 aromatic rings. The summed E-state index contributed by atoms with van der Waals surface area (Å²) in [7, 11) is 0. The van der Waals surface area contributed by atoms with Crippen LogP contribution in [0.25, 0.3) is 22.3 Å². The lowest BCUT2D eigenvalue weighted by atomic mass is 9.71. The van der Waals surface area contributed by atoms with Gasteiger partial charge in [-0.2, -0.15) is 0 Å². The molecule has 0 radical (unpaired) electrons. The van der Waals surface area contributed by atoms with Crippen molar-refractivity contribution in [2.24, 2.45) is 22.2 Å². The second-order valence-corrected chi connectivity index (χ2v) is 11.5. The molecule has 0 amide bonds. The van der Waals surface area contributed by atoms with Crippen LogP contribution in [-0.4, -0.2) is 18.9 Å². The van der Waals surface area contributed by atoms with Gasteiger partial charge in [0, 0.05) is 23.4 Å². The molecular formula is C33H41NO. The van der Waals surface area contributed by atoms with Gasteiger partial charge in [-0.05, 0) is 65.7 Å². The van der Waals surface area contributed by atoms with Crippen molar-refractivity contribution < 1.29 is 4.74 Å². The van der Waals surface area contributed by atoms with E-state index in [4.69, 9.17) is 9.73 Å². The summed E-state index contributed by atoms with van der Waals surface area (Å²) >= 11 is 0. The Labute approximate surface area is 212 Å². The second kappa shape index (κ2) is 11.2. The minimum Gasteiger partial charge on any atom is -0.492 e. The Kier molecular flexibility index (Phi) is 8.11. The molecule has 35 heavy (non-hydrogen) atoms. The van der Waals surface area contributed by atoms with Crippen molar-refractivity contribution in [1.29, 1.82) is 0 Å². The molecule has 0 spiro atoms. The lowest BCUT2D eigenvalue weighted by molar-refractivity contribution is 0.170. The van der Waals surface area contributed by atoms with Crippen molar-refractivity contribution in [3.8, 4) is 28.0 Å². The van der Waals surface area contributed by atoms with Crippen molar-refractivity contribution in [3.05, 3.63) is 78.4 Å². The molecule has 3 aromatic carbocycles. The zero-order valence-electron chi connectivity index (χ0n) is 22.1. The van der Waals surface area contributed by atoms with Gasteiger partial charge in [-0.3, -0.25) is 4.99 Å². The quantitative estimate of drug-likeness (QED) is 0.318. The van der Waals surface area contributed by atoms with Crippen LogP contribution in [0.15, 0.2) is 77.8 Å². The van der Waals surface area contributed by atoms with Crippen LogP contribution in [-0.2, 0) is 0 Å². The molecule has 1 fully saturated rings. The molecule has 1 aliphatic carbocycles. The van der Waals surface area contributed by atoms with Gasteiger partial charge in [-0.15, -0.1) is 0 Å². The molecule has 0 aliphatic heterocycles. The van der Waals surface area contributed by atoms with Gasteiger partial charge >= 0.3 is 0 Å². The highest BCUT2D eigenvalue weighted by atomic mass is 16.5. The van der Waals surface area contributed by atoms with Gasteiger partial charge in [-0.25, -0.2) is 0 Å². The summed E-state index contributed by atoms with van der Waals surface area (Å²) < 4.78 is 6.56. The van der Waals surface area contributed by atoms with Crippen molar-refractivity contribution in [2.45, 2.75) is 66.3 Å². The molecule has 0 aromatic heterocycles. The molecule has 0 unspecified atom stereocenters. The first-order chi connectivity index (χ1) is 16.8. The average molecular weight is 468 g/mol.